The van der Waals surface area contributed by atoms with Crippen molar-refractivity contribution in [3.8, 4) is 11.1 Å². The molecule has 2 aromatic carbocycles. The Labute approximate surface area is 172 Å². The molecule has 152 valence electrons. The maximum Gasteiger partial charge on any atom is 0.336 e. The molecule has 0 unspecified atom stereocenters. The molecule has 1 aromatic heterocycles. The van der Waals surface area contributed by atoms with Crippen LogP contribution < -0.4 is 0 Å². The Hall–Kier alpha value is -2.95. The van der Waals surface area contributed by atoms with Crippen molar-refractivity contribution in [2.45, 2.75) is 58.9 Å². The van der Waals surface area contributed by atoms with E-state index >= 15 is 0 Å². The van der Waals surface area contributed by atoms with E-state index in [1.165, 1.54) is 0 Å². The molecule has 1 N–H and O–H groups in total. The van der Waals surface area contributed by atoms with Gasteiger partial charge < -0.3 is 5.11 Å². The van der Waals surface area contributed by atoms with Crippen molar-refractivity contribution < 1.29 is 9.90 Å². The zero-order valence-electron chi connectivity index (χ0n) is 17.6. The van der Waals surface area contributed by atoms with E-state index in [9.17, 15) is 9.90 Å². The zero-order valence-corrected chi connectivity index (χ0v) is 17.6. The molecule has 0 fully saturated rings. The fourth-order valence-electron chi connectivity index (χ4n) is 3.39. The molecule has 1 heterocycles. The van der Waals surface area contributed by atoms with Gasteiger partial charge in [-0.15, -0.1) is 0 Å². The third kappa shape index (κ3) is 4.91. The summed E-state index contributed by atoms with van der Waals surface area (Å²) >= 11 is 0. The number of carboxylic acids is 1. The van der Waals surface area contributed by atoms with E-state index in [1.54, 1.807) is 12.1 Å². The highest BCUT2D eigenvalue weighted by Gasteiger charge is 2.21. The van der Waals surface area contributed by atoms with Gasteiger partial charge in [-0.2, -0.15) is 5.10 Å². The van der Waals surface area contributed by atoms with Crippen LogP contribution >= 0.6 is 0 Å². The number of aromatic nitrogens is 3. The van der Waals surface area contributed by atoms with E-state index in [4.69, 9.17) is 10.1 Å². The first-order chi connectivity index (χ1) is 13.8. The summed E-state index contributed by atoms with van der Waals surface area (Å²) in [7, 11) is 0. The van der Waals surface area contributed by atoms with Gasteiger partial charge in [0.15, 0.2) is 5.82 Å². The second kappa shape index (κ2) is 8.60. The van der Waals surface area contributed by atoms with Crippen molar-refractivity contribution in [2.24, 2.45) is 0 Å². The standard InChI is InChI=1S/C24H29N3O2/c1-5-6-11-21-25-22(27(26-21)24(2,3)4)16-17-12-14-18(15-13-17)19-9-7-8-10-20(19)23(28)29/h7-10,12-15H,5-6,11,16H2,1-4H3,(H,28,29). The number of benzene rings is 2. The van der Waals surface area contributed by atoms with Crippen molar-refractivity contribution in [3.05, 3.63) is 71.3 Å². The van der Waals surface area contributed by atoms with Gasteiger partial charge in [-0.25, -0.2) is 14.5 Å². The van der Waals surface area contributed by atoms with E-state index in [0.717, 1.165) is 47.6 Å². The Balaban J connectivity index is 1.87. The maximum atomic E-state index is 11.5. The summed E-state index contributed by atoms with van der Waals surface area (Å²) in [5.74, 6) is 0.952. The SMILES string of the molecule is CCCCc1nc(Cc2ccc(-c3ccccc3C(=O)O)cc2)n(C(C)(C)C)n1. The molecule has 29 heavy (non-hydrogen) atoms. The largest absolute Gasteiger partial charge is 0.478 e. The van der Waals surface area contributed by atoms with E-state index in [-0.39, 0.29) is 5.54 Å². The van der Waals surface area contributed by atoms with Crippen LogP contribution in [0.15, 0.2) is 48.5 Å². The number of hydrogen-bond donors (Lipinski definition) is 1. The summed E-state index contributed by atoms with van der Waals surface area (Å²) in [5.41, 5.74) is 2.93. The number of carbonyl (C=O) groups is 1. The quantitative estimate of drug-likeness (QED) is 0.591. The third-order valence-electron chi connectivity index (χ3n) is 4.89. The maximum absolute atomic E-state index is 11.5. The van der Waals surface area contributed by atoms with Crippen LogP contribution in [0.1, 0.15) is 68.1 Å². The molecule has 0 bridgehead atoms. The highest BCUT2D eigenvalue weighted by atomic mass is 16.4. The molecule has 0 radical (unpaired) electrons. The molecule has 3 aromatic rings. The van der Waals surface area contributed by atoms with Gasteiger partial charge in [0.2, 0.25) is 0 Å². The lowest BCUT2D eigenvalue weighted by molar-refractivity contribution is 0.0697. The summed E-state index contributed by atoms with van der Waals surface area (Å²) in [5, 5.41) is 14.2. The summed E-state index contributed by atoms with van der Waals surface area (Å²) in [6.45, 7) is 8.59. The van der Waals surface area contributed by atoms with Crippen molar-refractivity contribution in [1.29, 1.82) is 0 Å². The molecule has 0 amide bonds. The second-order valence-corrected chi connectivity index (χ2v) is 8.35. The van der Waals surface area contributed by atoms with Crippen molar-refractivity contribution in [3.63, 3.8) is 0 Å². The minimum Gasteiger partial charge on any atom is -0.478 e. The Kier molecular flexibility index (Phi) is 6.16. The average Bonchev–Trinajstić information content (AvgIpc) is 3.10. The van der Waals surface area contributed by atoms with E-state index in [0.29, 0.717) is 12.0 Å². The smallest absolute Gasteiger partial charge is 0.336 e. The number of rotatable bonds is 7. The fourth-order valence-corrected chi connectivity index (χ4v) is 3.39. The molecule has 0 saturated carbocycles. The lowest BCUT2D eigenvalue weighted by atomic mass is 9.98. The third-order valence-corrected chi connectivity index (χ3v) is 4.89. The average molecular weight is 392 g/mol. The number of unbranched alkanes of at least 4 members (excludes halogenated alkanes) is 1. The highest BCUT2D eigenvalue weighted by Crippen LogP contribution is 2.25. The van der Waals surface area contributed by atoms with Gasteiger partial charge in [0.25, 0.3) is 0 Å². The predicted molar refractivity (Wildman–Crippen MR) is 115 cm³/mol. The van der Waals surface area contributed by atoms with Crippen molar-refractivity contribution >= 4 is 5.97 Å². The summed E-state index contributed by atoms with van der Waals surface area (Å²) in [4.78, 5) is 16.3. The van der Waals surface area contributed by atoms with Crippen LogP contribution in [0.5, 0.6) is 0 Å². The van der Waals surface area contributed by atoms with E-state index < -0.39 is 5.97 Å². The van der Waals surface area contributed by atoms with Crippen LogP contribution in [0.3, 0.4) is 0 Å². The van der Waals surface area contributed by atoms with Gasteiger partial charge in [0.05, 0.1) is 11.1 Å². The molecular weight excluding hydrogens is 362 g/mol. The Morgan fingerprint density at radius 3 is 2.38 bits per heavy atom. The van der Waals surface area contributed by atoms with Crippen molar-refractivity contribution in [1.82, 2.24) is 14.8 Å². The lowest BCUT2D eigenvalue weighted by Gasteiger charge is -2.21. The minimum atomic E-state index is -0.914. The number of aryl methyl sites for hydroxylation is 1. The molecule has 5 nitrogen and oxygen atoms in total. The summed E-state index contributed by atoms with van der Waals surface area (Å²) in [6.07, 6.45) is 3.80. The van der Waals surface area contributed by atoms with E-state index in [2.05, 4.69) is 27.7 Å². The second-order valence-electron chi connectivity index (χ2n) is 8.35. The zero-order chi connectivity index (χ0) is 21.0. The van der Waals surface area contributed by atoms with Crippen molar-refractivity contribution in [2.75, 3.05) is 0 Å². The first-order valence-electron chi connectivity index (χ1n) is 10.2. The topological polar surface area (TPSA) is 68.0 Å². The minimum absolute atomic E-state index is 0.132. The molecule has 0 atom stereocenters. The Morgan fingerprint density at radius 1 is 1.07 bits per heavy atom. The molecule has 0 aliphatic heterocycles. The number of hydrogen-bond acceptors (Lipinski definition) is 3. The molecular formula is C24H29N3O2. The number of nitrogens with zero attached hydrogens (tertiary/aromatic N) is 3. The molecule has 3 rings (SSSR count). The monoisotopic (exact) mass is 391 g/mol. The van der Waals surface area contributed by atoms with Crippen LogP contribution in [0.25, 0.3) is 11.1 Å². The van der Waals surface area contributed by atoms with Crippen LogP contribution in [-0.4, -0.2) is 25.8 Å². The highest BCUT2D eigenvalue weighted by molar-refractivity contribution is 5.95. The van der Waals surface area contributed by atoms with Gasteiger partial charge >= 0.3 is 5.97 Å². The van der Waals surface area contributed by atoms with Gasteiger partial charge in [0, 0.05) is 12.8 Å². The molecule has 0 spiro atoms. The predicted octanol–water partition coefficient (Wildman–Crippen LogP) is 5.33. The van der Waals surface area contributed by atoms with Crippen LogP contribution in [0, 0.1) is 0 Å². The first-order valence-corrected chi connectivity index (χ1v) is 10.2. The fraction of sp³-hybridized carbons (Fsp3) is 0.375. The van der Waals surface area contributed by atoms with Gasteiger partial charge in [-0.1, -0.05) is 55.8 Å². The Bertz CT molecular complexity index is 982. The normalized spacial score (nSPS) is 11.6. The van der Waals surface area contributed by atoms with E-state index in [1.807, 2.05) is 41.1 Å². The van der Waals surface area contributed by atoms with Gasteiger partial charge in [0.1, 0.15) is 5.82 Å². The van der Waals surface area contributed by atoms with Crippen LogP contribution in [0.2, 0.25) is 0 Å². The van der Waals surface area contributed by atoms with Crippen LogP contribution in [0.4, 0.5) is 0 Å². The molecule has 0 aliphatic rings. The molecule has 5 heteroatoms. The van der Waals surface area contributed by atoms with Gasteiger partial charge in [-0.3, -0.25) is 0 Å². The molecule has 0 aliphatic carbocycles. The summed E-state index contributed by atoms with van der Waals surface area (Å²) < 4.78 is 2.03. The summed E-state index contributed by atoms with van der Waals surface area (Å²) in [6, 6.07) is 15.1. The molecule has 0 saturated heterocycles. The number of aromatic carboxylic acids is 1. The first kappa shape index (κ1) is 20.8. The number of carboxylic acid groups (broad SMARTS) is 1. The van der Waals surface area contributed by atoms with Crippen LogP contribution in [-0.2, 0) is 18.4 Å². The Morgan fingerprint density at radius 2 is 1.76 bits per heavy atom. The lowest BCUT2D eigenvalue weighted by Crippen LogP contribution is -2.25. The van der Waals surface area contributed by atoms with Gasteiger partial charge in [-0.05, 0) is 49.9 Å².